The average molecular weight is 475 g/mol. The molecule has 3 heterocycles. The minimum Gasteiger partial charge on any atom is -0.324 e. The maximum absolute atomic E-state index is 13.6. The number of amides is 3. The van der Waals surface area contributed by atoms with Crippen LogP contribution in [-0.4, -0.2) is 35.3 Å². The van der Waals surface area contributed by atoms with Crippen molar-refractivity contribution in [1.82, 2.24) is 4.98 Å². The van der Waals surface area contributed by atoms with Crippen LogP contribution < -0.4 is 15.1 Å². The molecule has 1 aromatic heterocycles. The molecule has 5 rings (SSSR count). The van der Waals surface area contributed by atoms with E-state index >= 15 is 0 Å². The lowest BCUT2D eigenvalue weighted by Crippen LogP contribution is -2.50. The van der Waals surface area contributed by atoms with Gasteiger partial charge in [0.15, 0.2) is 5.13 Å². The smallest absolute Gasteiger partial charge is 0.247 e. The van der Waals surface area contributed by atoms with E-state index in [1.807, 2.05) is 60.8 Å². The van der Waals surface area contributed by atoms with Crippen LogP contribution >= 0.6 is 11.3 Å². The molecule has 1 atom stereocenters. The summed E-state index contributed by atoms with van der Waals surface area (Å²) in [6.07, 6.45) is 2.71. The van der Waals surface area contributed by atoms with Crippen molar-refractivity contribution in [2.75, 3.05) is 21.7 Å². The van der Waals surface area contributed by atoms with Gasteiger partial charge in [-0.25, -0.2) is 4.98 Å². The Labute approximate surface area is 202 Å². The molecule has 0 radical (unpaired) electrons. The lowest BCUT2D eigenvalue weighted by molar-refractivity contribution is -0.123. The van der Waals surface area contributed by atoms with Gasteiger partial charge in [-0.3, -0.25) is 24.2 Å². The van der Waals surface area contributed by atoms with Gasteiger partial charge in [0.05, 0.1) is 12.1 Å². The van der Waals surface area contributed by atoms with Crippen LogP contribution in [0.15, 0.2) is 53.9 Å². The molecule has 2 aromatic carbocycles. The first-order chi connectivity index (χ1) is 16.5. The van der Waals surface area contributed by atoms with Gasteiger partial charge in [-0.2, -0.15) is 0 Å². The molecule has 2 aliphatic heterocycles. The van der Waals surface area contributed by atoms with Crippen molar-refractivity contribution < 1.29 is 14.4 Å². The summed E-state index contributed by atoms with van der Waals surface area (Å²) in [5.41, 5.74) is 4.26. The highest BCUT2D eigenvalue weighted by Gasteiger charge is 2.36. The summed E-state index contributed by atoms with van der Waals surface area (Å²) in [5, 5.41) is 5.44. The Balaban J connectivity index is 1.38. The van der Waals surface area contributed by atoms with Gasteiger partial charge in [-0.1, -0.05) is 35.9 Å². The molecule has 3 aromatic rings. The van der Waals surface area contributed by atoms with Gasteiger partial charge in [-0.05, 0) is 49.9 Å². The van der Waals surface area contributed by atoms with Crippen LogP contribution in [0.4, 0.5) is 16.5 Å². The molecule has 0 aliphatic carbocycles. The summed E-state index contributed by atoms with van der Waals surface area (Å²) in [6, 6.07) is 14.8. The number of aryl methyl sites for hydroxylation is 2. The third-order valence-corrected chi connectivity index (χ3v) is 7.23. The Kier molecular flexibility index (Phi) is 6.15. The number of fused-ring (bicyclic) bond motifs is 1. The van der Waals surface area contributed by atoms with E-state index in [9.17, 15) is 14.4 Å². The zero-order valence-electron chi connectivity index (χ0n) is 19.0. The molecule has 1 N–H and O–H groups in total. The standard InChI is InChI=1S/C26H26N4O3S/c1-17-8-11-19(12-9-17)27-25(33)22-13-10-18-5-2-3-6-21(18)30(22)24(32)15-20-16-34-26(28-20)29-14-4-7-23(29)31/h2-3,5-6,8-9,11-12,16,22H,4,7,10,13-15H2,1H3,(H,27,33). The first-order valence-corrected chi connectivity index (χ1v) is 12.4. The molecule has 0 saturated carbocycles. The van der Waals surface area contributed by atoms with Gasteiger partial charge in [0, 0.05) is 29.7 Å². The van der Waals surface area contributed by atoms with Crippen molar-refractivity contribution in [2.24, 2.45) is 0 Å². The number of carbonyl (C=O) groups excluding carboxylic acids is 3. The fraction of sp³-hybridized carbons (Fsp3) is 0.308. The van der Waals surface area contributed by atoms with Crippen molar-refractivity contribution in [3.8, 4) is 0 Å². The van der Waals surface area contributed by atoms with Crippen molar-refractivity contribution in [2.45, 2.75) is 45.1 Å². The minimum atomic E-state index is -0.609. The average Bonchev–Trinajstić information content (AvgIpc) is 3.48. The lowest BCUT2D eigenvalue weighted by Gasteiger charge is -2.36. The summed E-state index contributed by atoms with van der Waals surface area (Å²) in [5.74, 6) is -0.306. The van der Waals surface area contributed by atoms with E-state index in [1.54, 1.807) is 9.80 Å². The summed E-state index contributed by atoms with van der Waals surface area (Å²) >= 11 is 1.38. The Hall–Kier alpha value is -3.52. The maximum atomic E-state index is 13.6. The molecule has 34 heavy (non-hydrogen) atoms. The second kappa shape index (κ2) is 9.38. The number of benzene rings is 2. The molecular formula is C26H26N4O3S. The van der Waals surface area contributed by atoms with Crippen molar-refractivity contribution in [3.05, 3.63) is 70.7 Å². The van der Waals surface area contributed by atoms with Crippen LogP contribution in [0.25, 0.3) is 0 Å². The molecule has 1 saturated heterocycles. The predicted octanol–water partition coefficient (Wildman–Crippen LogP) is 4.11. The first kappa shape index (κ1) is 22.3. The molecular weight excluding hydrogens is 448 g/mol. The third kappa shape index (κ3) is 4.46. The van der Waals surface area contributed by atoms with Crippen LogP contribution in [-0.2, 0) is 27.2 Å². The number of hydrogen-bond donors (Lipinski definition) is 1. The number of aromatic nitrogens is 1. The van der Waals surface area contributed by atoms with E-state index in [4.69, 9.17) is 0 Å². The SMILES string of the molecule is Cc1ccc(NC(=O)C2CCc3ccccc3N2C(=O)Cc2csc(N3CCCC3=O)n2)cc1. The van der Waals surface area contributed by atoms with Crippen molar-refractivity contribution >= 4 is 45.6 Å². The highest BCUT2D eigenvalue weighted by atomic mass is 32.1. The minimum absolute atomic E-state index is 0.0706. The normalized spacial score (nSPS) is 17.6. The molecule has 1 unspecified atom stereocenters. The van der Waals surface area contributed by atoms with Gasteiger partial charge in [-0.15, -0.1) is 11.3 Å². The summed E-state index contributed by atoms with van der Waals surface area (Å²) in [6.45, 7) is 2.66. The Bertz CT molecular complexity index is 1240. The highest BCUT2D eigenvalue weighted by Crippen LogP contribution is 2.32. The lowest BCUT2D eigenvalue weighted by atomic mass is 9.94. The molecule has 174 valence electrons. The summed E-state index contributed by atoms with van der Waals surface area (Å²) < 4.78 is 0. The van der Waals surface area contributed by atoms with E-state index in [0.29, 0.717) is 35.9 Å². The van der Waals surface area contributed by atoms with Crippen LogP contribution in [0, 0.1) is 6.92 Å². The van der Waals surface area contributed by atoms with E-state index < -0.39 is 6.04 Å². The van der Waals surface area contributed by atoms with Crippen LogP contribution in [0.1, 0.15) is 36.1 Å². The second-order valence-electron chi connectivity index (χ2n) is 8.75. The predicted molar refractivity (Wildman–Crippen MR) is 133 cm³/mol. The number of hydrogen-bond acceptors (Lipinski definition) is 5. The Morgan fingerprint density at radius 1 is 1.12 bits per heavy atom. The largest absolute Gasteiger partial charge is 0.324 e. The zero-order chi connectivity index (χ0) is 23.7. The van der Waals surface area contributed by atoms with Gasteiger partial charge < -0.3 is 5.32 Å². The van der Waals surface area contributed by atoms with Crippen LogP contribution in [0.2, 0.25) is 0 Å². The molecule has 0 bridgehead atoms. The highest BCUT2D eigenvalue weighted by molar-refractivity contribution is 7.14. The third-order valence-electron chi connectivity index (χ3n) is 6.32. The van der Waals surface area contributed by atoms with E-state index in [0.717, 1.165) is 29.7 Å². The van der Waals surface area contributed by atoms with Gasteiger partial charge >= 0.3 is 0 Å². The molecule has 8 heteroatoms. The van der Waals surface area contributed by atoms with Gasteiger partial charge in [0.2, 0.25) is 17.7 Å². The molecule has 1 fully saturated rings. The quantitative estimate of drug-likeness (QED) is 0.603. The molecule has 7 nitrogen and oxygen atoms in total. The molecule has 2 aliphatic rings. The summed E-state index contributed by atoms with van der Waals surface area (Å²) in [7, 11) is 0. The number of anilines is 3. The number of para-hydroxylation sites is 1. The second-order valence-corrected chi connectivity index (χ2v) is 9.59. The Morgan fingerprint density at radius 2 is 1.91 bits per heavy atom. The van der Waals surface area contributed by atoms with Gasteiger partial charge in [0.25, 0.3) is 0 Å². The van der Waals surface area contributed by atoms with Gasteiger partial charge in [0.1, 0.15) is 6.04 Å². The Morgan fingerprint density at radius 3 is 2.68 bits per heavy atom. The fourth-order valence-corrected chi connectivity index (χ4v) is 5.43. The topological polar surface area (TPSA) is 82.6 Å². The fourth-order valence-electron chi connectivity index (χ4n) is 4.56. The number of nitrogens with zero attached hydrogens (tertiary/aromatic N) is 3. The number of nitrogens with one attached hydrogen (secondary N) is 1. The van der Waals surface area contributed by atoms with E-state index in [-0.39, 0.29) is 24.1 Å². The van der Waals surface area contributed by atoms with E-state index in [1.165, 1.54) is 11.3 Å². The van der Waals surface area contributed by atoms with Crippen molar-refractivity contribution in [3.63, 3.8) is 0 Å². The monoisotopic (exact) mass is 474 g/mol. The number of carbonyl (C=O) groups is 3. The maximum Gasteiger partial charge on any atom is 0.247 e. The molecule has 3 amide bonds. The first-order valence-electron chi connectivity index (χ1n) is 11.5. The van der Waals surface area contributed by atoms with Crippen LogP contribution in [0.3, 0.4) is 0 Å². The van der Waals surface area contributed by atoms with Crippen LogP contribution in [0.5, 0.6) is 0 Å². The zero-order valence-corrected chi connectivity index (χ0v) is 19.8. The molecule has 0 spiro atoms. The number of rotatable bonds is 5. The van der Waals surface area contributed by atoms with Crippen molar-refractivity contribution in [1.29, 1.82) is 0 Å². The van der Waals surface area contributed by atoms with E-state index in [2.05, 4.69) is 10.3 Å². The number of thiazole rings is 1. The summed E-state index contributed by atoms with van der Waals surface area (Å²) in [4.78, 5) is 46.8.